The Morgan fingerprint density at radius 3 is 2.68 bits per heavy atom. The molecule has 2 N–H and O–H groups in total. The third-order valence-electron chi connectivity index (χ3n) is 3.48. The fraction of sp³-hybridized carbons (Fsp3) is 0.583. The minimum Gasteiger partial charge on any atom is -0.358 e. The molecular formula is C12H18N4O3. The predicted molar refractivity (Wildman–Crippen MR) is 69.7 cm³/mol. The lowest BCUT2D eigenvalue weighted by molar-refractivity contribution is -0.391. The Kier molecular flexibility index (Phi) is 3.57. The van der Waals surface area contributed by atoms with E-state index in [0.29, 0.717) is 24.7 Å². The lowest BCUT2D eigenvalue weighted by Crippen LogP contribution is -2.49. The molecule has 0 radical (unpaired) electrons. The van der Waals surface area contributed by atoms with Crippen LogP contribution >= 0.6 is 0 Å². The molecule has 1 aliphatic rings. The number of nitro groups is 1. The highest BCUT2D eigenvalue weighted by Gasteiger charge is 2.30. The zero-order chi connectivity index (χ0) is 14.2. The van der Waals surface area contributed by atoms with E-state index in [1.165, 1.54) is 23.7 Å². The highest BCUT2D eigenvalue weighted by Crippen LogP contribution is 2.20. The highest BCUT2D eigenvalue weighted by molar-refractivity contribution is 5.93. The summed E-state index contributed by atoms with van der Waals surface area (Å²) in [5, 5.41) is 10.8. The van der Waals surface area contributed by atoms with Gasteiger partial charge in [-0.25, -0.2) is 4.57 Å². The average Bonchev–Trinajstić information content (AvgIpc) is 2.69. The normalized spacial score (nSPS) is 23.4. The lowest BCUT2D eigenvalue weighted by Gasteiger charge is -2.34. The molecule has 1 fully saturated rings. The van der Waals surface area contributed by atoms with Crippen LogP contribution < -0.4 is 5.73 Å². The first-order chi connectivity index (χ1) is 8.90. The Bertz CT molecular complexity index is 501. The molecule has 1 aromatic heterocycles. The first-order valence-corrected chi connectivity index (χ1v) is 6.25. The van der Waals surface area contributed by atoms with Gasteiger partial charge in [-0.15, -0.1) is 0 Å². The van der Waals surface area contributed by atoms with E-state index < -0.39 is 4.92 Å². The molecule has 1 saturated heterocycles. The van der Waals surface area contributed by atoms with Gasteiger partial charge in [-0.2, -0.15) is 0 Å². The van der Waals surface area contributed by atoms with Crippen molar-refractivity contribution >= 4 is 11.7 Å². The van der Waals surface area contributed by atoms with E-state index in [9.17, 15) is 14.9 Å². The van der Waals surface area contributed by atoms with Gasteiger partial charge in [0, 0.05) is 25.2 Å². The maximum Gasteiger partial charge on any atom is 0.323 e. The summed E-state index contributed by atoms with van der Waals surface area (Å²) < 4.78 is 1.31. The Balaban J connectivity index is 2.22. The summed E-state index contributed by atoms with van der Waals surface area (Å²) in [5.41, 5.74) is 6.24. The van der Waals surface area contributed by atoms with Crippen LogP contribution in [0, 0.1) is 16.0 Å². The standard InChI is InChI=1S/C12H18N4O3/c1-8-5-9(13)7-15(6-8)12(17)10-3-4-11(14(10)2)16(18)19/h3-4,8-9H,5-7,13H2,1-2H3. The van der Waals surface area contributed by atoms with Gasteiger partial charge in [0.1, 0.15) is 0 Å². The Hall–Kier alpha value is -1.89. The van der Waals surface area contributed by atoms with Crippen LogP contribution in [0.3, 0.4) is 0 Å². The molecule has 2 heterocycles. The molecule has 0 aliphatic carbocycles. The van der Waals surface area contributed by atoms with E-state index in [4.69, 9.17) is 5.73 Å². The fourth-order valence-electron chi connectivity index (χ4n) is 2.63. The maximum absolute atomic E-state index is 12.4. The number of rotatable bonds is 2. The van der Waals surface area contributed by atoms with Crippen LogP contribution in [0.4, 0.5) is 5.82 Å². The van der Waals surface area contributed by atoms with Gasteiger partial charge < -0.3 is 20.7 Å². The smallest absolute Gasteiger partial charge is 0.323 e. The Morgan fingerprint density at radius 1 is 1.47 bits per heavy atom. The SMILES string of the molecule is CC1CC(N)CN(C(=O)c2ccc([N+](=O)[O-])n2C)C1. The number of likely N-dealkylation sites (tertiary alicyclic amines) is 1. The van der Waals surface area contributed by atoms with Crippen LogP contribution in [-0.4, -0.2) is 39.4 Å². The molecule has 2 rings (SSSR count). The summed E-state index contributed by atoms with van der Waals surface area (Å²) in [4.78, 5) is 24.3. The van der Waals surface area contributed by atoms with Gasteiger partial charge >= 0.3 is 5.82 Å². The van der Waals surface area contributed by atoms with Crippen molar-refractivity contribution in [2.75, 3.05) is 13.1 Å². The molecule has 0 bridgehead atoms. The number of hydrogen-bond acceptors (Lipinski definition) is 4. The van der Waals surface area contributed by atoms with E-state index in [-0.39, 0.29) is 17.8 Å². The van der Waals surface area contributed by atoms with Gasteiger partial charge in [-0.3, -0.25) is 4.79 Å². The summed E-state index contributed by atoms with van der Waals surface area (Å²) in [5.74, 6) is 0.0678. The molecule has 1 amide bonds. The molecule has 1 aliphatic heterocycles. The number of nitrogens with two attached hydrogens (primary N) is 1. The van der Waals surface area contributed by atoms with Crippen molar-refractivity contribution in [3.05, 3.63) is 27.9 Å². The Labute approximate surface area is 111 Å². The molecule has 1 aromatic rings. The maximum atomic E-state index is 12.4. The number of nitrogens with zero attached hydrogens (tertiary/aromatic N) is 3. The van der Waals surface area contributed by atoms with E-state index in [1.807, 2.05) is 6.92 Å². The minimum atomic E-state index is -0.499. The molecule has 104 valence electrons. The average molecular weight is 266 g/mol. The molecule has 19 heavy (non-hydrogen) atoms. The van der Waals surface area contributed by atoms with Gasteiger partial charge in [0.2, 0.25) is 0 Å². The minimum absolute atomic E-state index is 0.0250. The van der Waals surface area contributed by atoms with Gasteiger partial charge in [0.15, 0.2) is 5.69 Å². The molecule has 2 atom stereocenters. The molecular weight excluding hydrogens is 248 g/mol. The van der Waals surface area contributed by atoms with Crippen molar-refractivity contribution in [3.63, 3.8) is 0 Å². The predicted octanol–water partition coefficient (Wildman–Crippen LogP) is 0.743. The fourth-order valence-corrected chi connectivity index (χ4v) is 2.63. The van der Waals surface area contributed by atoms with Crippen molar-refractivity contribution < 1.29 is 9.72 Å². The number of piperidine rings is 1. The van der Waals surface area contributed by atoms with Crippen LogP contribution in [-0.2, 0) is 7.05 Å². The van der Waals surface area contributed by atoms with Crippen LogP contribution in [0.5, 0.6) is 0 Å². The first kappa shape index (κ1) is 13.5. The van der Waals surface area contributed by atoms with Crippen LogP contribution in [0.2, 0.25) is 0 Å². The zero-order valence-corrected chi connectivity index (χ0v) is 11.1. The van der Waals surface area contributed by atoms with Crippen molar-refractivity contribution in [1.29, 1.82) is 0 Å². The van der Waals surface area contributed by atoms with Gasteiger partial charge in [-0.05, 0) is 23.3 Å². The van der Waals surface area contributed by atoms with Crippen molar-refractivity contribution in [2.24, 2.45) is 18.7 Å². The van der Waals surface area contributed by atoms with Gasteiger partial charge in [-0.1, -0.05) is 6.92 Å². The van der Waals surface area contributed by atoms with Crippen LogP contribution in [0.25, 0.3) is 0 Å². The second-order valence-corrected chi connectivity index (χ2v) is 5.20. The summed E-state index contributed by atoms with van der Waals surface area (Å²) in [6.07, 6.45) is 0.900. The monoisotopic (exact) mass is 266 g/mol. The van der Waals surface area contributed by atoms with E-state index >= 15 is 0 Å². The quantitative estimate of drug-likeness (QED) is 0.631. The molecule has 0 aromatic carbocycles. The lowest BCUT2D eigenvalue weighted by atomic mass is 9.96. The zero-order valence-electron chi connectivity index (χ0n) is 11.1. The van der Waals surface area contributed by atoms with Crippen molar-refractivity contribution in [1.82, 2.24) is 9.47 Å². The summed E-state index contributed by atoms with van der Waals surface area (Å²) >= 11 is 0. The largest absolute Gasteiger partial charge is 0.358 e. The molecule has 0 spiro atoms. The molecule has 2 unspecified atom stereocenters. The third kappa shape index (κ3) is 2.60. The third-order valence-corrected chi connectivity index (χ3v) is 3.48. The Morgan fingerprint density at radius 2 is 2.16 bits per heavy atom. The van der Waals surface area contributed by atoms with E-state index in [2.05, 4.69) is 0 Å². The summed E-state index contributed by atoms with van der Waals surface area (Å²) in [6, 6.07) is 2.81. The number of hydrogen-bond donors (Lipinski definition) is 1. The van der Waals surface area contributed by atoms with Gasteiger partial charge in [0.05, 0.1) is 7.05 Å². The molecule has 7 nitrogen and oxygen atoms in total. The number of aromatic nitrogens is 1. The van der Waals surface area contributed by atoms with Crippen molar-refractivity contribution in [3.8, 4) is 0 Å². The molecule has 7 heteroatoms. The summed E-state index contributed by atoms with van der Waals surface area (Å²) in [7, 11) is 1.53. The highest BCUT2D eigenvalue weighted by atomic mass is 16.6. The van der Waals surface area contributed by atoms with Crippen LogP contribution in [0.1, 0.15) is 23.8 Å². The second-order valence-electron chi connectivity index (χ2n) is 5.20. The summed E-state index contributed by atoms with van der Waals surface area (Å²) in [6.45, 7) is 3.19. The first-order valence-electron chi connectivity index (χ1n) is 6.25. The molecule has 0 saturated carbocycles. The van der Waals surface area contributed by atoms with E-state index in [0.717, 1.165) is 6.42 Å². The second kappa shape index (κ2) is 5.00. The number of carbonyl (C=O) groups excluding carboxylic acids is 1. The number of carbonyl (C=O) groups is 1. The number of amides is 1. The van der Waals surface area contributed by atoms with Crippen molar-refractivity contribution in [2.45, 2.75) is 19.4 Å². The van der Waals surface area contributed by atoms with Gasteiger partial charge in [0.25, 0.3) is 5.91 Å². The van der Waals surface area contributed by atoms with E-state index in [1.54, 1.807) is 4.90 Å². The topological polar surface area (TPSA) is 94.4 Å². The van der Waals surface area contributed by atoms with Crippen LogP contribution in [0.15, 0.2) is 12.1 Å².